The number of benzene rings is 1. The number of halogens is 1. The van der Waals surface area contributed by atoms with Crippen LogP contribution in [0.2, 0.25) is 5.02 Å². The molecule has 1 aromatic rings. The number of aliphatic carboxylic acids is 1. The summed E-state index contributed by atoms with van der Waals surface area (Å²) in [5, 5.41) is 12.4. The molecule has 23 heavy (non-hydrogen) atoms. The lowest BCUT2D eigenvalue weighted by Crippen LogP contribution is -2.51. The van der Waals surface area contributed by atoms with Crippen molar-refractivity contribution in [1.82, 2.24) is 5.32 Å². The molecular formula is C17H24ClNO4. The molecule has 0 fully saturated rings. The fraction of sp³-hybridized carbons (Fsp3) is 0.529. The average Bonchev–Trinajstić information content (AvgIpc) is 2.39. The van der Waals surface area contributed by atoms with Crippen molar-refractivity contribution in [3.05, 3.63) is 34.9 Å². The Balaban J connectivity index is 2.56. The highest BCUT2D eigenvalue weighted by Crippen LogP contribution is 2.16. The largest absolute Gasteiger partial charge is 0.481 e. The van der Waals surface area contributed by atoms with E-state index in [2.05, 4.69) is 5.32 Å². The standard InChI is InChI=1S/C17H24ClNO4/c1-12(8-13-4-6-14(18)7-5-13)9-15(20)19-17(2,11-23-3)10-16(21)22/h4-7,12H,8-11H2,1-3H3,(H,19,20)(H,21,22). The predicted molar refractivity (Wildman–Crippen MR) is 89.6 cm³/mol. The van der Waals surface area contributed by atoms with Crippen molar-refractivity contribution in [3.8, 4) is 0 Å². The number of hydrogen-bond donors (Lipinski definition) is 2. The molecule has 0 aromatic heterocycles. The molecule has 0 heterocycles. The third-order valence-corrected chi connectivity index (χ3v) is 3.73. The van der Waals surface area contributed by atoms with E-state index >= 15 is 0 Å². The van der Waals surface area contributed by atoms with Crippen molar-refractivity contribution in [2.45, 2.75) is 38.6 Å². The molecule has 0 spiro atoms. The Bertz CT molecular complexity index is 532. The van der Waals surface area contributed by atoms with Crippen LogP contribution in [0, 0.1) is 5.92 Å². The second kappa shape index (κ2) is 8.89. The number of ether oxygens (including phenoxy) is 1. The molecule has 5 nitrogen and oxygen atoms in total. The number of nitrogens with one attached hydrogen (secondary N) is 1. The number of methoxy groups -OCH3 is 1. The van der Waals surface area contributed by atoms with Crippen LogP contribution in [0.15, 0.2) is 24.3 Å². The Kier molecular flexibility index (Phi) is 7.52. The van der Waals surface area contributed by atoms with Crippen molar-refractivity contribution in [3.63, 3.8) is 0 Å². The van der Waals surface area contributed by atoms with Crippen LogP contribution in [0.4, 0.5) is 0 Å². The van der Waals surface area contributed by atoms with Crippen LogP contribution in [0.1, 0.15) is 32.3 Å². The van der Waals surface area contributed by atoms with Gasteiger partial charge in [-0.2, -0.15) is 0 Å². The van der Waals surface area contributed by atoms with E-state index in [-0.39, 0.29) is 24.9 Å². The van der Waals surface area contributed by atoms with Crippen LogP contribution < -0.4 is 5.32 Å². The lowest BCUT2D eigenvalue weighted by Gasteiger charge is -2.29. The highest BCUT2D eigenvalue weighted by atomic mass is 35.5. The van der Waals surface area contributed by atoms with Gasteiger partial charge >= 0.3 is 5.97 Å². The fourth-order valence-electron chi connectivity index (χ4n) is 2.58. The molecule has 1 amide bonds. The minimum Gasteiger partial charge on any atom is -0.481 e. The van der Waals surface area contributed by atoms with Gasteiger partial charge in [-0.15, -0.1) is 0 Å². The van der Waals surface area contributed by atoms with E-state index < -0.39 is 11.5 Å². The molecule has 0 aliphatic rings. The highest BCUT2D eigenvalue weighted by Gasteiger charge is 2.29. The first-order valence-electron chi connectivity index (χ1n) is 7.50. The summed E-state index contributed by atoms with van der Waals surface area (Å²) in [6, 6.07) is 7.53. The lowest BCUT2D eigenvalue weighted by molar-refractivity contribution is -0.139. The molecule has 128 valence electrons. The highest BCUT2D eigenvalue weighted by molar-refractivity contribution is 6.30. The monoisotopic (exact) mass is 341 g/mol. The van der Waals surface area contributed by atoms with Gasteiger partial charge in [0, 0.05) is 18.6 Å². The van der Waals surface area contributed by atoms with Gasteiger partial charge in [0.1, 0.15) is 0 Å². The lowest BCUT2D eigenvalue weighted by atomic mass is 9.95. The number of carbonyl (C=O) groups is 2. The van der Waals surface area contributed by atoms with E-state index in [1.165, 1.54) is 7.11 Å². The van der Waals surface area contributed by atoms with Crippen LogP contribution >= 0.6 is 11.6 Å². The zero-order chi connectivity index (χ0) is 17.5. The Labute approximate surface area is 142 Å². The van der Waals surface area contributed by atoms with Crippen molar-refractivity contribution >= 4 is 23.5 Å². The first kappa shape index (κ1) is 19.5. The van der Waals surface area contributed by atoms with E-state index in [1.807, 2.05) is 31.2 Å². The summed E-state index contributed by atoms with van der Waals surface area (Å²) >= 11 is 5.85. The average molecular weight is 342 g/mol. The topological polar surface area (TPSA) is 75.6 Å². The van der Waals surface area contributed by atoms with Crippen LogP contribution in [0.25, 0.3) is 0 Å². The molecule has 0 aliphatic carbocycles. The molecule has 0 bridgehead atoms. The zero-order valence-corrected chi connectivity index (χ0v) is 14.5. The van der Waals surface area contributed by atoms with Crippen LogP contribution in [-0.2, 0) is 20.7 Å². The molecule has 0 saturated heterocycles. The predicted octanol–water partition coefficient (Wildman–Crippen LogP) is 2.90. The maximum absolute atomic E-state index is 12.2. The summed E-state index contributed by atoms with van der Waals surface area (Å²) < 4.78 is 5.03. The summed E-state index contributed by atoms with van der Waals surface area (Å²) in [6.07, 6.45) is 0.893. The van der Waals surface area contributed by atoms with Crippen LogP contribution in [0.3, 0.4) is 0 Å². The third-order valence-electron chi connectivity index (χ3n) is 3.48. The number of carbonyl (C=O) groups excluding carboxylic acids is 1. The number of rotatable bonds is 9. The van der Waals surface area contributed by atoms with Gasteiger partial charge in [0.25, 0.3) is 0 Å². The number of carboxylic acid groups (broad SMARTS) is 1. The molecule has 1 aromatic carbocycles. The van der Waals surface area contributed by atoms with E-state index in [1.54, 1.807) is 6.92 Å². The Morgan fingerprint density at radius 1 is 1.35 bits per heavy atom. The quantitative estimate of drug-likeness (QED) is 0.724. The third kappa shape index (κ3) is 7.48. The number of amides is 1. The summed E-state index contributed by atoms with van der Waals surface area (Å²) in [6.45, 7) is 3.81. The summed E-state index contributed by atoms with van der Waals surface area (Å²) in [7, 11) is 1.48. The molecule has 0 radical (unpaired) electrons. The van der Waals surface area contributed by atoms with Crippen molar-refractivity contribution in [1.29, 1.82) is 0 Å². The second-order valence-electron chi connectivity index (χ2n) is 6.25. The first-order chi connectivity index (χ1) is 10.7. The van der Waals surface area contributed by atoms with Crippen molar-refractivity contribution < 1.29 is 19.4 Å². The second-order valence-corrected chi connectivity index (χ2v) is 6.69. The van der Waals surface area contributed by atoms with E-state index in [0.29, 0.717) is 11.4 Å². The van der Waals surface area contributed by atoms with Gasteiger partial charge in [-0.1, -0.05) is 30.7 Å². The maximum atomic E-state index is 12.2. The number of carboxylic acids is 1. The first-order valence-corrected chi connectivity index (χ1v) is 7.88. The Morgan fingerprint density at radius 2 is 1.96 bits per heavy atom. The molecule has 2 unspecified atom stereocenters. The zero-order valence-electron chi connectivity index (χ0n) is 13.8. The van der Waals surface area contributed by atoms with Gasteiger partial charge in [0.05, 0.1) is 18.6 Å². The van der Waals surface area contributed by atoms with E-state index in [0.717, 1.165) is 12.0 Å². The Hall–Kier alpha value is -1.59. The molecule has 6 heteroatoms. The molecule has 2 atom stereocenters. The Morgan fingerprint density at radius 3 is 2.48 bits per heavy atom. The molecule has 2 N–H and O–H groups in total. The fourth-order valence-corrected chi connectivity index (χ4v) is 2.71. The minimum absolute atomic E-state index is 0.132. The SMILES string of the molecule is COCC(C)(CC(=O)O)NC(=O)CC(C)Cc1ccc(Cl)cc1. The van der Waals surface area contributed by atoms with Gasteiger partial charge in [-0.05, 0) is 37.0 Å². The molecular weight excluding hydrogens is 318 g/mol. The normalized spacial score (nSPS) is 14.8. The summed E-state index contributed by atoms with van der Waals surface area (Å²) in [5.74, 6) is -1.01. The molecule has 0 saturated carbocycles. The minimum atomic E-state index is -0.973. The van der Waals surface area contributed by atoms with E-state index in [9.17, 15) is 9.59 Å². The van der Waals surface area contributed by atoms with Gasteiger partial charge in [0.2, 0.25) is 5.91 Å². The smallest absolute Gasteiger partial charge is 0.305 e. The molecule has 1 rings (SSSR count). The number of hydrogen-bond acceptors (Lipinski definition) is 3. The summed E-state index contributed by atoms with van der Waals surface area (Å²) in [4.78, 5) is 23.1. The van der Waals surface area contributed by atoms with Gasteiger partial charge in [-0.25, -0.2) is 0 Å². The maximum Gasteiger partial charge on any atom is 0.305 e. The van der Waals surface area contributed by atoms with Gasteiger partial charge < -0.3 is 15.2 Å². The van der Waals surface area contributed by atoms with Crippen molar-refractivity contribution in [2.75, 3.05) is 13.7 Å². The van der Waals surface area contributed by atoms with Crippen molar-refractivity contribution in [2.24, 2.45) is 5.92 Å². The summed E-state index contributed by atoms with van der Waals surface area (Å²) in [5.41, 5.74) is 0.206. The van der Waals surface area contributed by atoms with E-state index in [4.69, 9.17) is 21.4 Å². The molecule has 0 aliphatic heterocycles. The van der Waals surface area contributed by atoms with Crippen LogP contribution in [-0.4, -0.2) is 36.2 Å². The van der Waals surface area contributed by atoms with Gasteiger partial charge in [0.15, 0.2) is 0 Å². The van der Waals surface area contributed by atoms with Crippen LogP contribution in [0.5, 0.6) is 0 Å². The van der Waals surface area contributed by atoms with Gasteiger partial charge in [-0.3, -0.25) is 9.59 Å².